The van der Waals surface area contributed by atoms with Crippen molar-refractivity contribution in [1.82, 2.24) is 26.6 Å². The Hall–Kier alpha value is -8.42. The van der Waals surface area contributed by atoms with Gasteiger partial charge in [0.1, 0.15) is 23.9 Å². The van der Waals surface area contributed by atoms with E-state index in [-0.39, 0.29) is 89.9 Å². The molecule has 2 atom stereocenters. The number of benzene rings is 4. The highest BCUT2D eigenvalue weighted by Gasteiger charge is 2.18. The van der Waals surface area contributed by atoms with Crippen LogP contribution in [0.3, 0.4) is 0 Å². The van der Waals surface area contributed by atoms with Crippen LogP contribution in [-0.4, -0.2) is 141 Å². The number of ketones is 4. The molecule has 0 spiro atoms. The number of hydrogen-bond donors (Lipinski definition) is 11. The fraction of sp³-hybridized carbons (Fsp3) is 0.534. The van der Waals surface area contributed by atoms with Gasteiger partial charge in [-0.3, -0.25) is 47.9 Å². The van der Waals surface area contributed by atoms with E-state index in [2.05, 4.69) is 26.6 Å². The molecule has 4 aromatic rings. The molecular weight excluding hydrogens is 1240 g/mol. The van der Waals surface area contributed by atoms with E-state index in [4.69, 9.17) is 42.9 Å². The molecule has 0 aliphatic rings. The third-order valence-corrected chi connectivity index (χ3v) is 15.2. The number of esters is 1. The van der Waals surface area contributed by atoms with Gasteiger partial charge in [0.05, 0.1) is 25.3 Å². The van der Waals surface area contributed by atoms with Crippen LogP contribution in [-0.2, 0) is 30.5 Å². The number of nitrogens with two attached hydrogens (primary N) is 5. The van der Waals surface area contributed by atoms with Crippen LogP contribution in [0.25, 0.3) is 0 Å². The quantitative estimate of drug-likeness (QED) is 0.0113. The third kappa shape index (κ3) is 40.0. The molecule has 1 unspecified atom stereocenters. The number of carbonyl (C=O) groups is 10. The summed E-state index contributed by atoms with van der Waals surface area (Å²) in [7, 11) is 0. The van der Waals surface area contributed by atoms with Crippen molar-refractivity contribution in [3.8, 4) is 17.2 Å². The van der Waals surface area contributed by atoms with Crippen molar-refractivity contribution in [3.63, 3.8) is 0 Å². The molecule has 97 heavy (non-hydrogen) atoms. The molecule has 0 bridgehead atoms. The van der Waals surface area contributed by atoms with Crippen molar-refractivity contribution in [2.24, 2.45) is 28.7 Å². The SMILES string of the molecule is CC(=O)c1cc(O)cc(C(C)=O)c1.CC(=O)c1cc(OCCCCCN)cc(C(C)=O)c1.NCCCCC(N)C(=O)NCCNC(=O)c1cc(OCCCCCNC(=O)CCCCCCCCCCC(=O)OCc2ccccc2)cc(C(=O)NCCNC(=O)[C@@H](N)CCCCN)c1. The van der Waals surface area contributed by atoms with Crippen LogP contribution in [0.5, 0.6) is 17.2 Å². The second-order valence-electron chi connectivity index (χ2n) is 23.8. The summed E-state index contributed by atoms with van der Waals surface area (Å²) in [6.45, 7) is 9.88. The number of phenols is 1. The number of hydrogen-bond acceptors (Lipinski definition) is 19. The number of rotatable bonds is 48. The van der Waals surface area contributed by atoms with Gasteiger partial charge in [0, 0.05) is 78.9 Å². The predicted molar refractivity (Wildman–Crippen MR) is 377 cm³/mol. The second-order valence-corrected chi connectivity index (χ2v) is 23.8. The number of nitrogens with one attached hydrogen (secondary N) is 5. The normalized spacial score (nSPS) is 11.2. The summed E-state index contributed by atoms with van der Waals surface area (Å²) in [5.41, 5.74) is 31.4. The molecule has 4 aromatic carbocycles. The zero-order valence-corrected chi connectivity index (χ0v) is 57.7. The second kappa shape index (κ2) is 51.8. The van der Waals surface area contributed by atoms with Gasteiger partial charge in [-0.2, -0.15) is 0 Å². The molecule has 0 aliphatic heterocycles. The number of amides is 5. The summed E-state index contributed by atoms with van der Waals surface area (Å²) in [6.07, 6.45) is 18.4. The van der Waals surface area contributed by atoms with Gasteiger partial charge in [-0.25, -0.2) is 0 Å². The van der Waals surface area contributed by atoms with Crippen molar-refractivity contribution in [1.29, 1.82) is 0 Å². The van der Waals surface area contributed by atoms with Crippen LogP contribution in [0.1, 0.15) is 237 Å². The van der Waals surface area contributed by atoms with Crippen molar-refractivity contribution >= 4 is 58.6 Å². The lowest BCUT2D eigenvalue weighted by Crippen LogP contribution is -2.43. The highest BCUT2D eigenvalue weighted by atomic mass is 16.5. The number of unbranched alkanes of at least 4 members (excludes halogenated alkanes) is 13. The molecule has 0 aromatic heterocycles. The van der Waals surface area contributed by atoms with E-state index >= 15 is 0 Å². The van der Waals surface area contributed by atoms with E-state index in [1.807, 2.05) is 30.3 Å². The molecule has 0 fully saturated rings. The van der Waals surface area contributed by atoms with Crippen molar-refractivity contribution < 1.29 is 67.3 Å². The number of ether oxygens (including phenoxy) is 3. The highest BCUT2D eigenvalue weighted by molar-refractivity contribution is 6.02. The molecule has 0 heterocycles. The lowest BCUT2D eigenvalue weighted by molar-refractivity contribution is -0.145. The van der Waals surface area contributed by atoms with Crippen LogP contribution in [0, 0.1) is 0 Å². The van der Waals surface area contributed by atoms with Crippen molar-refractivity contribution in [2.45, 2.75) is 188 Å². The van der Waals surface area contributed by atoms with E-state index < -0.39 is 23.9 Å². The lowest BCUT2D eigenvalue weighted by Gasteiger charge is -2.14. The summed E-state index contributed by atoms with van der Waals surface area (Å²) in [5.74, 6) is -1.26. The topological polar surface area (TPSA) is 409 Å². The molecule has 0 radical (unpaired) electrons. The summed E-state index contributed by atoms with van der Waals surface area (Å²) >= 11 is 0. The number of phenolic OH excluding ortho intramolecular Hbond substituents is 1. The Bertz CT molecular complexity index is 2910. The van der Waals surface area contributed by atoms with E-state index in [9.17, 15) is 53.1 Å². The Morgan fingerprint density at radius 1 is 0.402 bits per heavy atom. The first-order valence-electron chi connectivity index (χ1n) is 34.2. The Kier molecular flexibility index (Phi) is 45.2. The number of Topliss-reactive ketones (excluding diaryl/α,β-unsaturated/α-hetero) is 4. The standard InChI is InChI=1S/C48H79N9O8.C15H21NO3.C10H10O3/c49-25-15-13-21-41(51)47(62)56-30-28-54-45(60)38-33-39(46(61)55-29-31-57-48(63)42(52)22-14-16-26-50)35-40(34-38)64-32-18-8-17-27-53-43(58)23-11-5-3-1-2-4-6-12-24-44(59)65-36-37-19-9-7-10-20-37;1-11(17)13-8-14(12(2)18)10-15(9-13)19-7-5-3-4-6-16;1-6(11)8-3-9(7(2)12)5-10(13)4-8/h7,9-10,19-20,33-35,41-42H,1-6,8,11-18,21-32,36,49-52H2,(H,53,58)(H,54,60)(H,55,61)(H,56,62)(H,57,63);8-10H,3-7,16H2,1-2H3;3-5,13H,1-2H3/t41-,42?;;/m0../s1. The first kappa shape index (κ1) is 84.7. The maximum atomic E-state index is 13.2. The molecule has 0 aliphatic carbocycles. The zero-order valence-electron chi connectivity index (χ0n) is 57.7. The molecular formula is C73H110N10O14. The molecule has 4 rings (SSSR count). The summed E-state index contributed by atoms with van der Waals surface area (Å²) in [6, 6.07) is 22.1. The fourth-order valence-electron chi connectivity index (χ4n) is 9.47. The number of aromatic hydroxyl groups is 1. The minimum absolute atomic E-state index is 0.0508. The van der Waals surface area contributed by atoms with Crippen LogP contribution in [0.4, 0.5) is 0 Å². The average Bonchev–Trinajstić information content (AvgIpc) is 0.948. The Morgan fingerprint density at radius 3 is 1.22 bits per heavy atom. The van der Waals surface area contributed by atoms with Gasteiger partial charge in [-0.05, 0) is 185 Å². The van der Waals surface area contributed by atoms with Gasteiger partial charge < -0.3 is 74.6 Å². The summed E-state index contributed by atoms with van der Waals surface area (Å²) in [4.78, 5) is 120. The summed E-state index contributed by atoms with van der Waals surface area (Å²) < 4.78 is 16.9. The van der Waals surface area contributed by atoms with Crippen LogP contribution < -0.4 is 64.7 Å². The molecule has 536 valence electrons. The van der Waals surface area contributed by atoms with Crippen LogP contribution >= 0.6 is 0 Å². The van der Waals surface area contributed by atoms with E-state index in [1.165, 1.54) is 52.0 Å². The van der Waals surface area contributed by atoms with Crippen LogP contribution in [0.15, 0.2) is 84.9 Å². The predicted octanol–water partition coefficient (Wildman–Crippen LogP) is 8.00. The monoisotopic (exact) mass is 1350 g/mol. The van der Waals surface area contributed by atoms with Crippen LogP contribution in [0.2, 0.25) is 0 Å². The minimum atomic E-state index is -0.658. The Balaban J connectivity index is 0.000000804. The van der Waals surface area contributed by atoms with Crippen molar-refractivity contribution in [2.75, 3.05) is 65.6 Å². The van der Waals surface area contributed by atoms with E-state index in [0.29, 0.717) is 112 Å². The first-order valence-corrected chi connectivity index (χ1v) is 34.2. The maximum Gasteiger partial charge on any atom is 0.306 e. The Labute approximate surface area is 573 Å². The van der Waals surface area contributed by atoms with Gasteiger partial charge >= 0.3 is 5.97 Å². The number of carbonyl (C=O) groups excluding carboxylic acids is 10. The summed E-state index contributed by atoms with van der Waals surface area (Å²) in [5, 5.41) is 23.1. The molecule has 24 nitrogen and oxygen atoms in total. The van der Waals surface area contributed by atoms with Crippen molar-refractivity contribution in [3.05, 3.63) is 124 Å². The van der Waals surface area contributed by atoms with Gasteiger partial charge in [0.25, 0.3) is 11.8 Å². The smallest absolute Gasteiger partial charge is 0.306 e. The zero-order chi connectivity index (χ0) is 71.6. The Morgan fingerprint density at radius 2 is 0.773 bits per heavy atom. The average molecular weight is 1350 g/mol. The molecule has 0 saturated carbocycles. The van der Waals surface area contributed by atoms with Gasteiger partial charge in [-0.15, -0.1) is 0 Å². The fourth-order valence-corrected chi connectivity index (χ4v) is 9.47. The van der Waals surface area contributed by atoms with E-state index in [1.54, 1.807) is 30.3 Å². The van der Waals surface area contributed by atoms with Gasteiger partial charge in [-0.1, -0.05) is 81.7 Å². The maximum absolute atomic E-state index is 13.2. The van der Waals surface area contributed by atoms with Gasteiger partial charge in [0.15, 0.2) is 23.1 Å². The molecule has 0 saturated heterocycles. The molecule has 5 amide bonds. The molecule has 24 heteroatoms. The third-order valence-electron chi connectivity index (χ3n) is 15.2. The molecule has 16 N–H and O–H groups in total. The largest absolute Gasteiger partial charge is 0.508 e. The van der Waals surface area contributed by atoms with Gasteiger partial charge in [0.2, 0.25) is 17.7 Å². The first-order chi connectivity index (χ1) is 46.6. The highest BCUT2D eigenvalue weighted by Crippen LogP contribution is 2.22. The lowest BCUT2D eigenvalue weighted by atomic mass is 10.0. The minimum Gasteiger partial charge on any atom is -0.508 e. The van der Waals surface area contributed by atoms with E-state index in [0.717, 1.165) is 115 Å².